The van der Waals surface area contributed by atoms with E-state index in [2.05, 4.69) is 25.7 Å². The lowest BCUT2D eigenvalue weighted by Crippen LogP contribution is -2.31. The number of carbonyl (C=O) groups excluding carboxylic acids is 1. The fourth-order valence-corrected chi connectivity index (χ4v) is 1.93. The van der Waals surface area contributed by atoms with E-state index in [0.29, 0.717) is 12.3 Å². The van der Waals surface area contributed by atoms with Crippen LogP contribution in [0.5, 0.6) is 0 Å². The standard InChI is InChI=1S/C15H31NO/c1-4-7-10-11-15(17)14-16(12-8-5-2)13-9-6-3/h4-14H2,1-3H3. The van der Waals surface area contributed by atoms with E-state index in [9.17, 15) is 4.79 Å². The van der Waals surface area contributed by atoms with Crippen LogP contribution < -0.4 is 0 Å². The molecule has 0 atom stereocenters. The zero-order valence-electron chi connectivity index (χ0n) is 12.1. The maximum atomic E-state index is 11.8. The summed E-state index contributed by atoms with van der Waals surface area (Å²) >= 11 is 0. The molecule has 17 heavy (non-hydrogen) atoms. The predicted molar refractivity (Wildman–Crippen MR) is 75.4 cm³/mol. The number of hydrogen-bond donors (Lipinski definition) is 0. The quantitative estimate of drug-likeness (QED) is 0.481. The minimum atomic E-state index is 0.436. The van der Waals surface area contributed by atoms with E-state index in [1.807, 2.05) is 0 Å². The van der Waals surface area contributed by atoms with Gasteiger partial charge < -0.3 is 0 Å². The van der Waals surface area contributed by atoms with Gasteiger partial charge in [-0.3, -0.25) is 9.69 Å². The second-order valence-electron chi connectivity index (χ2n) is 4.98. The Morgan fingerprint density at radius 2 is 1.35 bits per heavy atom. The van der Waals surface area contributed by atoms with Crippen LogP contribution in [0.3, 0.4) is 0 Å². The molecule has 102 valence electrons. The molecule has 0 amide bonds. The number of Topliss-reactive ketones (excluding diaryl/α,β-unsaturated/α-hetero) is 1. The molecule has 0 aromatic heterocycles. The number of unbranched alkanes of at least 4 members (excludes halogenated alkanes) is 4. The molecule has 0 aliphatic rings. The van der Waals surface area contributed by atoms with Gasteiger partial charge in [0, 0.05) is 6.42 Å². The third-order valence-electron chi connectivity index (χ3n) is 3.11. The highest BCUT2D eigenvalue weighted by atomic mass is 16.1. The van der Waals surface area contributed by atoms with Gasteiger partial charge in [0.05, 0.1) is 6.54 Å². The molecule has 0 saturated carbocycles. The summed E-state index contributed by atoms with van der Waals surface area (Å²) in [5.41, 5.74) is 0. The molecule has 0 saturated heterocycles. The van der Waals surface area contributed by atoms with Crippen molar-refractivity contribution < 1.29 is 4.79 Å². The van der Waals surface area contributed by atoms with Crippen LogP contribution in [0.2, 0.25) is 0 Å². The predicted octanol–water partition coefficient (Wildman–Crippen LogP) is 4.04. The van der Waals surface area contributed by atoms with Crippen molar-refractivity contribution in [1.82, 2.24) is 4.90 Å². The van der Waals surface area contributed by atoms with E-state index < -0.39 is 0 Å². The van der Waals surface area contributed by atoms with Gasteiger partial charge in [0.15, 0.2) is 0 Å². The van der Waals surface area contributed by atoms with E-state index in [-0.39, 0.29) is 0 Å². The fourth-order valence-electron chi connectivity index (χ4n) is 1.93. The van der Waals surface area contributed by atoms with Gasteiger partial charge in [-0.1, -0.05) is 46.5 Å². The van der Waals surface area contributed by atoms with Gasteiger partial charge in [-0.2, -0.15) is 0 Å². The summed E-state index contributed by atoms with van der Waals surface area (Å²) < 4.78 is 0. The van der Waals surface area contributed by atoms with Gasteiger partial charge >= 0.3 is 0 Å². The molecule has 0 rings (SSSR count). The Bertz CT molecular complexity index is 172. The molecular formula is C15H31NO. The van der Waals surface area contributed by atoms with E-state index in [1.165, 1.54) is 38.5 Å². The largest absolute Gasteiger partial charge is 0.298 e. The number of ketones is 1. The maximum Gasteiger partial charge on any atom is 0.146 e. The molecule has 0 radical (unpaired) electrons. The average molecular weight is 241 g/mol. The Hall–Kier alpha value is -0.370. The van der Waals surface area contributed by atoms with E-state index in [0.717, 1.165) is 25.9 Å². The monoisotopic (exact) mass is 241 g/mol. The third kappa shape index (κ3) is 10.5. The van der Waals surface area contributed by atoms with Crippen molar-refractivity contribution in [2.75, 3.05) is 19.6 Å². The topological polar surface area (TPSA) is 20.3 Å². The van der Waals surface area contributed by atoms with Crippen molar-refractivity contribution in [3.63, 3.8) is 0 Å². The first-order valence-electron chi connectivity index (χ1n) is 7.48. The average Bonchev–Trinajstić information content (AvgIpc) is 2.33. The van der Waals surface area contributed by atoms with Gasteiger partial charge in [-0.25, -0.2) is 0 Å². The van der Waals surface area contributed by atoms with Crippen LogP contribution in [0, 0.1) is 0 Å². The van der Waals surface area contributed by atoms with Crippen molar-refractivity contribution in [2.45, 2.75) is 72.1 Å². The maximum absolute atomic E-state index is 11.8. The van der Waals surface area contributed by atoms with Crippen molar-refractivity contribution in [3.05, 3.63) is 0 Å². The highest BCUT2D eigenvalue weighted by Crippen LogP contribution is 2.04. The summed E-state index contributed by atoms with van der Waals surface area (Å²) in [7, 11) is 0. The summed E-state index contributed by atoms with van der Waals surface area (Å²) in [6, 6.07) is 0. The summed E-state index contributed by atoms with van der Waals surface area (Å²) in [5.74, 6) is 0.436. The number of rotatable bonds is 12. The fraction of sp³-hybridized carbons (Fsp3) is 0.933. The van der Waals surface area contributed by atoms with Crippen molar-refractivity contribution in [1.29, 1.82) is 0 Å². The Morgan fingerprint density at radius 3 is 1.82 bits per heavy atom. The molecule has 0 N–H and O–H groups in total. The highest BCUT2D eigenvalue weighted by Gasteiger charge is 2.09. The van der Waals surface area contributed by atoms with Gasteiger partial charge in [-0.05, 0) is 32.4 Å². The summed E-state index contributed by atoms with van der Waals surface area (Å²) in [5, 5.41) is 0. The second-order valence-corrected chi connectivity index (χ2v) is 4.98. The van der Waals surface area contributed by atoms with Crippen molar-refractivity contribution in [2.24, 2.45) is 0 Å². The molecule has 0 aromatic carbocycles. The van der Waals surface area contributed by atoms with Gasteiger partial charge in [0.2, 0.25) is 0 Å². The normalized spacial score (nSPS) is 11.1. The van der Waals surface area contributed by atoms with E-state index in [1.54, 1.807) is 0 Å². The van der Waals surface area contributed by atoms with Gasteiger partial charge in [-0.15, -0.1) is 0 Å². The smallest absolute Gasteiger partial charge is 0.146 e. The van der Waals surface area contributed by atoms with Crippen molar-refractivity contribution in [3.8, 4) is 0 Å². The summed E-state index contributed by atoms with van der Waals surface area (Å²) in [6.45, 7) is 9.47. The van der Waals surface area contributed by atoms with Gasteiger partial charge in [0.1, 0.15) is 5.78 Å². The van der Waals surface area contributed by atoms with Gasteiger partial charge in [0.25, 0.3) is 0 Å². The number of hydrogen-bond acceptors (Lipinski definition) is 2. The summed E-state index contributed by atoms with van der Waals surface area (Å²) in [6.07, 6.45) is 9.10. The Labute approximate surface area is 108 Å². The first-order valence-corrected chi connectivity index (χ1v) is 7.48. The lowest BCUT2D eigenvalue weighted by atomic mass is 10.1. The number of carbonyl (C=O) groups is 1. The number of nitrogens with zero attached hydrogens (tertiary/aromatic N) is 1. The zero-order valence-corrected chi connectivity index (χ0v) is 12.1. The minimum absolute atomic E-state index is 0.436. The molecule has 0 aliphatic heterocycles. The Balaban J connectivity index is 3.81. The summed E-state index contributed by atoms with van der Waals surface area (Å²) in [4.78, 5) is 14.2. The molecule has 0 aliphatic carbocycles. The third-order valence-corrected chi connectivity index (χ3v) is 3.11. The Morgan fingerprint density at radius 1 is 0.824 bits per heavy atom. The molecule has 2 heteroatoms. The van der Waals surface area contributed by atoms with Crippen LogP contribution in [0.15, 0.2) is 0 Å². The molecule has 0 bridgehead atoms. The van der Waals surface area contributed by atoms with Crippen LogP contribution >= 0.6 is 0 Å². The lowest BCUT2D eigenvalue weighted by Gasteiger charge is -2.21. The van der Waals surface area contributed by atoms with Crippen LogP contribution in [-0.4, -0.2) is 30.3 Å². The highest BCUT2D eigenvalue weighted by molar-refractivity contribution is 5.80. The molecule has 0 heterocycles. The van der Waals surface area contributed by atoms with Crippen LogP contribution in [0.25, 0.3) is 0 Å². The Kier molecular flexibility index (Phi) is 11.8. The lowest BCUT2D eigenvalue weighted by molar-refractivity contribution is -0.120. The molecule has 0 spiro atoms. The minimum Gasteiger partial charge on any atom is -0.298 e. The molecular weight excluding hydrogens is 210 g/mol. The first-order chi connectivity index (χ1) is 8.24. The molecule has 0 fully saturated rings. The van der Waals surface area contributed by atoms with Crippen molar-refractivity contribution >= 4 is 5.78 Å². The van der Waals surface area contributed by atoms with Crippen LogP contribution in [-0.2, 0) is 4.79 Å². The van der Waals surface area contributed by atoms with E-state index in [4.69, 9.17) is 0 Å². The van der Waals surface area contributed by atoms with Crippen LogP contribution in [0.1, 0.15) is 72.1 Å². The zero-order chi connectivity index (χ0) is 12.9. The molecule has 0 unspecified atom stereocenters. The molecule has 2 nitrogen and oxygen atoms in total. The second kappa shape index (κ2) is 12.1. The van der Waals surface area contributed by atoms with E-state index >= 15 is 0 Å². The SMILES string of the molecule is CCCCCC(=O)CN(CCCC)CCCC. The molecule has 0 aromatic rings. The van der Waals surface area contributed by atoms with Crippen LogP contribution in [0.4, 0.5) is 0 Å². The first kappa shape index (κ1) is 16.6.